The molecule has 184 valence electrons. The Morgan fingerprint density at radius 2 is 1.72 bits per heavy atom. The summed E-state index contributed by atoms with van der Waals surface area (Å²) >= 11 is 0. The van der Waals surface area contributed by atoms with E-state index >= 15 is 0 Å². The molecule has 0 atom stereocenters. The molecule has 1 fully saturated rings. The lowest BCUT2D eigenvalue weighted by Gasteiger charge is -2.36. The SMILES string of the molecule is Cc1cn(CCCN[C@H]2CC[C@@](C#N)(c3ccccc3C#N)CC2)c(=O)n(Cc2ccccc2)c1=O. The van der Waals surface area contributed by atoms with E-state index in [2.05, 4.69) is 17.5 Å². The summed E-state index contributed by atoms with van der Waals surface area (Å²) < 4.78 is 2.93. The van der Waals surface area contributed by atoms with Crippen molar-refractivity contribution in [2.75, 3.05) is 6.54 Å². The van der Waals surface area contributed by atoms with Crippen LogP contribution >= 0.6 is 0 Å². The molecule has 0 radical (unpaired) electrons. The van der Waals surface area contributed by atoms with Crippen molar-refractivity contribution < 1.29 is 0 Å². The Morgan fingerprint density at radius 1 is 1.03 bits per heavy atom. The molecule has 1 saturated carbocycles. The fourth-order valence-electron chi connectivity index (χ4n) is 5.17. The highest BCUT2D eigenvalue weighted by Crippen LogP contribution is 2.40. The van der Waals surface area contributed by atoms with Crippen molar-refractivity contribution in [1.82, 2.24) is 14.5 Å². The van der Waals surface area contributed by atoms with E-state index in [1.54, 1.807) is 23.8 Å². The Bertz CT molecular complexity index is 1400. The minimum atomic E-state index is -0.609. The first kappa shape index (κ1) is 25.2. The van der Waals surface area contributed by atoms with Gasteiger partial charge >= 0.3 is 5.69 Å². The number of benzene rings is 2. The highest BCUT2D eigenvalue weighted by Gasteiger charge is 2.38. The standard InChI is InChI=1S/C29H31N5O2/c1-22-19-33(28(36)34(27(22)35)20-23-8-3-2-4-9-23)17-7-16-32-25-12-14-29(21-31,15-13-25)26-11-6-5-10-24(26)18-30/h2-6,8-11,19,25,32H,7,12-17,20H2,1H3/t25-,29+. The van der Waals surface area contributed by atoms with Gasteiger partial charge in [-0.2, -0.15) is 10.5 Å². The van der Waals surface area contributed by atoms with Crippen LogP contribution in [0.3, 0.4) is 0 Å². The first-order valence-corrected chi connectivity index (χ1v) is 12.5. The van der Waals surface area contributed by atoms with Crippen LogP contribution in [0.4, 0.5) is 0 Å². The number of nitriles is 2. The minimum Gasteiger partial charge on any atom is -0.314 e. The lowest BCUT2D eigenvalue weighted by molar-refractivity contribution is 0.293. The van der Waals surface area contributed by atoms with Crippen LogP contribution in [0.1, 0.15) is 54.4 Å². The summed E-state index contributed by atoms with van der Waals surface area (Å²) in [6.45, 7) is 3.26. The van der Waals surface area contributed by atoms with Crippen LogP contribution in [0.2, 0.25) is 0 Å². The Hall–Kier alpha value is -3.94. The second-order valence-electron chi connectivity index (χ2n) is 9.60. The topological polar surface area (TPSA) is 104 Å². The van der Waals surface area contributed by atoms with Crippen LogP contribution in [0, 0.1) is 29.6 Å². The lowest BCUT2D eigenvalue weighted by Crippen LogP contribution is -2.42. The quantitative estimate of drug-likeness (QED) is 0.495. The van der Waals surface area contributed by atoms with Gasteiger partial charge in [-0.25, -0.2) is 4.79 Å². The highest BCUT2D eigenvalue weighted by atomic mass is 16.2. The van der Waals surface area contributed by atoms with E-state index in [-0.39, 0.29) is 17.8 Å². The van der Waals surface area contributed by atoms with Crippen LogP contribution in [0.25, 0.3) is 0 Å². The van der Waals surface area contributed by atoms with E-state index in [0.29, 0.717) is 36.6 Å². The van der Waals surface area contributed by atoms with Crippen molar-refractivity contribution in [1.29, 1.82) is 10.5 Å². The molecule has 4 rings (SSSR count). The molecular formula is C29H31N5O2. The first-order chi connectivity index (χ1) is 17.5. The van der Waals surface area contributed by atoms with E-state index in [1.165, 1.54) is 4.57 Å². The largest absolute Gasteiger partial charge is 0.331 e. The van der Waals surface area contributed by atoms with Gasteiger partial charge in [-0.05, 0) is 62.8 Å². The molecule has 0 amide bonds. The van der Waals surface area contributed by atoms with Crippen molar-refractivity contribution in [3.8, 4) is 12.1 Å². The van der Waals surface area contributed by atoms with E-state index < -0.39 is 5.41 Å². The van der Waals surface area contributed by atoms with Gasteiger partial charge in [0.05, 0.1) is 29.7 Å². The number of hydrogen-bond donors (Lipinski definition) is 1. The summed E-state index contributed by atoms with van der Waals surface area (Å²) in [6.07, 6.45) is 5.54. The Labute approximate surface area is 211 Å². The number of hydrogen-bond acceptors (Lipinski definition) is 5. The summed E-state index contributed by atoms with van der Waals surface area (Å²) in [5, 5.41) is 23.0. The molecule has 7 heteroatoms. The maximum atomic E-state index is 13.0. The van der Waals surface area contributed by atoms with E-state index in [4.69, 9.17) is 0 Å². The average Bonchev–Trinajstić information content (AvgIpc) is 2.92. The summed E-state index contributed by atoms with van der Waals surface area (Å²) in [6, 6.07) is 22.0. The molecule has 36 heavy (non-hydrogen) atoms. The number of aryl methyl sites for hydroxylation is 2. The average molecular weight is 482 g/mol. The van der Waals surface area contributed by atoms with Gasteiger partial charge in [0.15, 0.2) is 0 Å². The molecule has 1 aliphatic carbocycles. The lowest BCUT2D eigenvalue weighted by atomic mass is 9.68. The minimum absolute atomic E-state index is 0.251. The molecular weight excluding hydrogens is 450 g/mol. The van der Waals surface area contributed by atoms with Crippen LogP contribution in [-0.2, 0) is 18.5 Å². The van der Waals surface area contributed by atoms with Gasteiger partial charge in [0.25, 0.3) is 5.56 Å². The predicted octanol–water partition coefficient (Wildman–Crippen LogP) is 3.62. The van der Waals surface area contributed by atoms with Crippen molar-refractivity contribution >= 4 is 0 Å². The summed E-state index contributed by atoms with van der Waals surface area (Å²) in [5.74, 6) is 0. The Morgan fingerprint density at radius 3 is 2.42 bits per heavy atom. The van der Waals surface area contributed by atoms with Gasteiger partial charge in [0.1, 0.15) is 0 Å². The van der Waals surface area contributed by atoms with E-state index in [0.717, 1.165) is 36.9 Å². The van der Waals surface area contributed by atoms with Crippen molar-refractivity contribution in [2.24, 2.45) is 0 Å². The highest BCUT2D eigenvalue weighted by molar-refractivity contribution is 5.46. The smallest absolute Gasteiger partial charge is 0.314 e. The molecule has 0 unspecified atom stereocenters. The third-order valence-corrected chi connectivity index (χ3v) is 7.22. The second-order valence-corrected chi connectivity index (χ2v) is 9.60. The number of nitrogens with one attached hydrogen (secondary N) is 1. The molecule has 0 saturated heterocycles. The Balaban J connectivity index is 1.34. The number of rotatable bonds is 8. The van der Waals surface area contributed by atoms with Gasteiger partial charge in [-0.3, -0.25) is 9.36 Å². The normalized spacial score (nSPS) is 19.4. The maximum Gasteiger partial charge on any atom is 0.331 e. The zero-order chi connectivity index (χ0) is 25.5. The molecule has 0 bridgehead atoms. The van der Waals surface area contributed by atoms with Crippen molar-refractivity contribution in [3.63, 3.8) is 0 Å². The van der Waals surface area contributed by atoms with Gasteiger partial charge in [-0.15, -0.1) is 0 Å². The van der Waals surface area contributed by atoms with Crippen molar-refractivity contribution in [2.45, 2.75) is 63.6 Å². The third-order valence-electron chi connectivity index (χ3n) is 7.22. The zero-order valence-corrected chi connectivity index (χ0v) is 20.6. The molecule has 0 spiro atoms. The maximum absolute atomic E-state index is 13.0. The molecule has 2 aromatic carbocycles. The third kappa shape index (κ3) is 5.32. The first-order valence-electron chi connectivity index (χ1n) is 12.5. The fourth-order valence-corrected chi connectivity index (χ4v) is 5.17. The number of nitrogens with zero attached hydrogens (tertiary/aromatic N) is 4. The van der Waals surface area contributed by atoms with Crippen molar-refractivity contribution in [3.05, 3.63) is 104 Å². The Kier molecular flexibility index (Phi) is 7.83. The molecule has 1 N–H and O–H groups in total. The molecule has 1 aliphatic rings. The monoisotopic (exact) mass is 481 g/mol. The van der Waals surface area contributed by atoms with Crippen LogP contribution in [-0.4, -0.2) is 21.7 Å². The van der Waals surface area contributed by atoms with Crippen LogP contribution in [0.15, 0.2) is 70.4 Å². The second kappa shape index (κ2) is 11.2. The van der Waals surface area contributed by atoms with Gasteiger partial charge in [0, 0.05) is 24.3 Å². The molecule has 0 aliphatic heterocycles. The van der Waals surface area contributed by atoms with Gasteiger partial charge < -0.3 is 9.88 Å². The molecule has 3 aromatic rings. The predicted molar refractivity (Wildman–Crippen MR) is 139 cm³/mol. The van der Waals surface area contributed by atoms with Gasteiger partial charge in [0.2, 0.25) is 0 Å². The summed E-state index contributed by atoms with van der Waals surface area (Å²) in [4.78, 5) is 25.6. The van der Waals surface area contributed by atoms with E-state index in [9.17, 15) is 20.1 Å². The summed E-state index contributed by atoms with van der Waals surface area (Å²) in [7, 11) is 0. The molecule has 1 heterocycles. The summed E-state index contributed by atoms with van der Waals surface area (Å²) in [5.41, 5.74) is 1.74. The van der Waals surface area contributed by atoms with Gasteiger partial charge in [-0.1, -0.05) is 48.5 Å². The fraction of sp³-hybridized carbons (Fsp3) is 0.379. The number of aromatic nitrogens is 2. The molecule has 7 nitrogen and oxygen atoms in total. The molecule has 1 aromatic heterocycles. The van der Waals surface area contributed by atoms with E-state index in [1.807, 2.05) is 48.5 Å². The van der Waals surface area contributed by atoms with Crippen LogP contribution < -0.4 is 16.6 Å². The zero-order valence-electron chi connectivity index (χ0n) is 20.6. The van der Waals surface area contributed by atoms with Crippen LogP contribution in [0.5, 0.6) is 0 Å².